The number of halogens is 2. The van der Waals surface area contributed by atoms with E-state index in [9.17, 15) is 9.90 Å². The van der Waals surface area contributed by atoms with Gasteiger partial charge in [0.25, 0.3) is 0 Å². The number of phenolic OH excluding ortho intramolecular Hbond substituents is 1. The maximum absolute atomic E-state index is 11.7. The van der Waals surface area contributed by atoms with E-state index < -0.39 is 0 Å². The monoisotopic (exact) mass is 366 g/mol. The van der Waals surface area contributed by atoms with Crippen LogP contribution in [0.3, 0.4) is 0 Å². The van der Waals surface area contributed by atoms with Crippen LogP contribution in [-0.4, -0.2) is 17.2 Å². The number of nitrogens with zero attached hydrogens (tertiary/aromatic N) is 1. The predicted octanol–water partition coefficient (Wildman–Crippen LogP) is 3.50. The van der Waals surface area contributed by atoms with Gasteiger partial charge in [0.2, 0.25) is 5.91 Å². The molecule has 0 aliphatic rings. The average molecular weight is 368 g/mol. The van der Waals surface area contributed by atoms with Crippen LogP contribution in [0, 0.1) is 0 Å². The van der Waals surface area contributed by atoms with Gasteiger partial charge >= 0.3 is 0 Å². The highest BCUT2D eigenvalue weighted by Gasteiger charge is 2.02. The quantitative estimate of drug-likeness (QED) is 0.642. The Hall–Kier alpha value is -1.85. The first-order valence-corrected chi connectivity index (χ1v) is 7.26. The van der Waals surface area contributed by atoms with Crippen LogP contribution in [0.15, 0.2) is 52.0 Å². The number of nitrogens with one attached hydrogen (secondary N) is 1. The van der Waals surface area contributed by atoms with Crippen molar-refractivity contribution in [2.75, 3.05) is 0 Å². The molecule has 4 nitrogen and oxygen atoms in total. The molecule has 21 heavy (non-hydrogen) atoms. The lowest BCUT2D eigenvalue weighted by molar-refractivity contribution is -0.120. The molecule has 6 heteroatoms. The van der Waals surface area contributed by atoms with Gasteiger partial charge in [-0.2, -0.15) is 5.10 Å². The molecule has 2 aromatic rings. The minimum atomic E-state index is -0.247. The fourth-order valence-corrected chi connectivity index (χ4v) is 2.13. The highest BCUT2D eigenvalue weighted by atomic mass is 79.9. The van der Waals surface area contributed by atoms with Gasteiger partial charge in [0.05, 0.1) is 12.6 Å². The van der Waals surface area contributed by atoms with E-state index in [1.165, 1.54) is 6.21 Å². The van der Waals surface area contributed by atoms with Crippen LogP contribution in [0.5, 0.6) is 5.75 Å². The van der Waals surface area contributed by atoms with Crippen molar-refractivity contribution in [2.24, 2.45) is 5.10 Å². The molecular formula is C15H12BrClN2O2. The number of rotatable bonds is 4. The van der Waals surface area contributed by atoms with Crippen LogP contribution in [0.2, 0.25) is 5.02 Å². The van der Waals surface area contributed by atoms with E-state index in [0.29, 0.717) is 10.6 Å². The zero-order chi connectivity index (χ0) is 15.2. The van der Waals surface area contributed by atoms with Crippen molar-refractivity contribution < 1.29 is 9.90 Å². The van der Waals surface area contributed by atoms with Crippen molar-refractivity contribution >= 4 is 39.7 Å². The maximum Gasteiger partial charge on any atom is 0.244 e. The number of phenols is 1. The Bertz CT molecular complexity index is 672. The molecule has 2 rings (SSSR count). The number of carbonyl (C=O) groups excluding carboxylic acids is 1. The minimum absolute atomic E-state index is 0.0916. The van der Waals surface area contributed by atoms with Gasteiger partial charge in [-0.25, -0.2) is 5.43 Å². The van der Waals surface area contributed by atoms with Crippen molar-refractivity contribution in [3.63, 3.8) is 0 Å². The minimum Gasteiger partial charge on any atom is -0.507 e. The Kier molecular flexibility index (Phi) is 5.36. The summed E-state index contributed by atoms with van der Waals surface area (Å²) in [5.74, 6) is -0.156. The lowest BCUT2D eigenvalue weighted by Crippen LogP contribution is -2.19. The highest BCUT2D eigenvalue weighted by molar-refractivity contribution is 9.10. The molecule has 0 spiro atoms. The summed E-state index contributed by atoms with van der Waals surface area (Å²) in [7, 11) is 0. The predicted molar refractivity (Wildman–Crippen MR) is 86.7 cm³/mol. The number of hydrogen-bond acceptors (Lipinski definition) is 3. The van der Waals surface area contributed by atoms with Crippen LogP contribution in [-0.2, 0) is 11.2 Å². The van der Waals surface area contributed by atoms with E-state index in [0.717, 1.165) is 10.0 Å². The normalized spacial score (nSPS) is 10.8. The molecule has 0 atom stereocenters. The largest absolute Gasteiger partial charge is 0.507 e. The topological polar surface area (TPSA) is 61.7 Å². The van der Waals surface area contributed by atoms with Crippen LogP contribution < -0.4 is 5.43 Å². The Morgan fingerprint density at radius 2 is 2.00 bits per heavy atom. The van der Waals surface area contributed by atoms with Crippen LogP contribution in [0.25, 0.3) is 0 Å². The van der Waals surface area contributed by atoms with Crippen molar-refractivity contribution in [3.05, 3.63) is 63.1 Å². The third kappa shape index (κ3) is 4.88. The van der Waals surface area contributed by atoms with E-state index >= 15 is 0 Å². The van der Waals surface area contributed by atoms with Gasteiger partial charge in [0.15, 0.2) is 0 Å². The third-order valence-corrected chi connectivity index (χ3v) is 3.41. The summed E-state index contributed by atoms with van der Waals surface area (Å²) in [6.45, 7) is 0. The van der Waals surface area contributed by atoms with Gasteiger partial charge in [-0.05, 0) is 35.9 Å². The van der Waals surface area contributed by atoms with Gasteiger partial charge in [-0.3, -0.25) is 4.79 Å². The van der Waals surface area contributed by atoms with Gasteiger partial charge in [0, 0.05) is 15.1 Å². The van der Waals surface area contributed by atoms with Crippen molar-refractivity contribution in [2.45, 2.75) is 6.42 Å². The van der Waals surface area contributed by atoms with E-state index in [1.54, 1.807) is 42.5 Å². The number of hydrazone groups is 1. The molecule has 0 saturated heterocycles. The SMILES string of the molecule is O=C(Cc1ccc(Cl)cc1)N/N=C\c1cc(Br)ccc1O. The van der Waals surface area contributed by atoms with E-state index in [1.807, 2.05) is 0 Å². The second-order valence-corrected chi connectivity index (χ2v) is 5.65. The lowest BCUT2D eigenvalue weighted by atomic mass is 10.1. The number of carbonyl (C=O) groups is 1. The molecule has 0 unspecified atom stereocenters. The summed E-state index contributed by atoms with van der Waals surface area (Å²) in [5.41, 5.74) is 3.77. The second-order valence-electron chi connectivity index (χ2n) is 4.30. The van der Waals surface area contributed by atoms with Crippen LogP contribution >= 0.6 is 27.5 Å². The zero-order valence-electron chi connectivity index (χ0n) is 10.9. The molecule has 1 amide bonds. The summed E-state index contributed by atoms with van der Waals surface area (Å²) in [6, 6.07) is 12.0. The molecule has 108 valence electrons. The maximum atomic E-state index is 11.7. The summed E-state index contributed by atoms with van der Waals surface area (Å²) in [5, 5.41) is 14.1. The van der Waals surface area contributed by atoms with E-state index in [-0.39, 0.29) is 18.1 Å². The number of amides is 1. The molecule has 0 fully saturated rings. The molecule has 0 saturated carbocycles. The molecule has 0 aliphatic heterocycles. The number of hydrogen-bond donors (Lipinski definition) is 2. The fourth-order valence-electron chi connectivity index (χ4n) is 1.63. The summed E-state index contributed by atoms with van der Waals surface area (Å²) >= 11 is 9.07. The Balaban J connectivity index is 1.93. The Morgan fingerprint density at radius 1 is 1.29 bits per heavy atom. The molecule has 0 heterocycles. The number of aromatic hydroxyl groups is 1. The molecular weight excluding hydrogens is 356 g/mol. The van der Waals surface area contributed by atoms with Crippen molar-refractivity contribution in [1.29, 1.82) is 0 Å². The molecule has 0 aromatic heterocycles. The third-order valence-electron chi connectivity index (χ3n) is 2.66. The summed E-state index contributed by atoms with van der Waals surface area (Å²) < 4.78 is 0.814. The summed E-state index contributed by atoms with van der Waals surface area (Å²) in [4.78, 5) is 11.7. The fraction of sp³-hybridized carbons (Fsp3) is 0.0667. The molecule has 2 N–H and O–H groups in total. The average Bonchev–Trinajstić information content (AvgIpc) is 2.45. The van der Waals surface area contributed by atoms with E-state index in [4.69, 9.17) is 11.6 Å². The smallest absolute Gasteiger partial charge is 0.244 e. The summed E-state index contributed by atoms with van der Waals surface area (Å²) in [6.07, 6.45) is 1.60. The van der Waals surface area contributed by atoms with Gasteiger partial charge in [-0.15, -0.1) is 0 Å². The van der Waals surface area contributed by atoms with Gasteiger partial charge in [-0.1, -0.05) is 39.7 Å². The van der Waals surface area contributed by atoms with Crippen LogP contribution in [0.1, 0.15) is 11.1 Å². The zero-order valence-corrected chi connectivity index (χ0v) is 13.2. The van der Waals surface area contributed by atoms with E-state index in [2.05, 4.69) is 26.5 Å². The highest BCUT2D eigenvalue weighted by Crippen LogP contribution is 2.19. The lowest BCUT2D eigenvalue weighted by Gasteiger charge is -2.02. The van der Waals surface area contributed by atoms with Gasteiger partial charge < -0.3 is 5.11 Å². The Morgan fingerprint density at radius 3 is 2.71 bits per heavy atom. The van der Waals surface area contributed by atoms with Crippen LogP contribution in [0.4, 0.5) is 0 Å². The second kappa shape index (κ2) is 7.24. The first kappa shape index (κ1) is 15.5. The molecule has 2 aromatic carbocycles. The first-order chi connectivity index (χ1) is 10.0. The van der Waals surface area contributed by atoms with Gasteiger partial charge in [0.1, 0.15) is 5.75 Å². The number of benzene rings is 2. The standard InChI is InChI=1S/C15H12BrClN2O2/c16-12-3-6-14(20)11(8-12)9-18-19-15(21)7-10-1-4-13(17)5-2-10/h1-6,8-9,20H,7H2,(H,19,21)/b18-9-. The molecule has 0 radical (unpaired) electrons. The molecule has 0 aliphatic carbocycles. The van der Waals surface area contributed by atoms with Crippen molar-refractivity contribution in [3.8, 4) is 5.75 Å². The van der Waals surface area contributed by atoms with Crippen molar-refractivity contribution in [1.82, 2.24) is 5.43 Å². The first-order valence-electron chi connectivity index (χ1n) is 6.09. The Labute approximate surface area is 135 Å². The molecule has 0 bridgehead atoms.